The van der Waals surface area contributed by atoms with Crippen molar-refractivity contribution in [1.29, 1.82) is 0 Å². The van der Waals surface area contributed by atoms with Crippen LogP contribution >= 0.6 is 0 Å². The summed E-state index contributed by atoms with van der Waals surface area (Å²) >= 11 is 0. The van der Waals surface area contributed by atoms with Crippen molar-refractivity contribution in [2.45, 2.75) is 18.4 Å². The van der Waals surface area contributed by atoms with Crippen molar-refractivity contribution in [3.63, 3.8) is 0 Å². The molecule has 1 atom stereocenters. The minimum atomic E-state index is -0.978. The number of carboxylic acid groups (broad SMARTS) is 1. The predicted molar refractivity (Wildman–Crippen MR) is 68.7 cm³/mol. The summed E-state index contributed by atoms with van der Waals surface area (Å²) in [6.45, 7) is 0.616. The second-order valence-corrected chi connectivity index (χ2v) is 4.67. The van der Waals surface area contributed by atoms with Gasteiger partial charge in [0.05, 0.1) is 25.7 Å². The van der Waals surface area contributed by atoms with E-state index in [-0.39, 0.29) is 24.5 Å². The maximum Gasteiger partial charge on any atom is 0.305 e. The largest absolute Gasteiger partial charge is 0.481 e. The first-order valence-corrected chi connectivity index (χ1v) is 6.17. The number of nitrogens with zero attached hydrogens (tertiary/aromatic N) is 1. The summed E-state index contributed by atoms with van der Waals surface area (Å²) in [5, 5.41) is 11.7. The highest BCUT2D eigenvalue weighted by Gasteiger charge is 2.39. The number of amides is 1. The van der Waals surface area contributed by atoms with Gasteiger partial charge in [-0.3, -0.25) is 9.59 Å². The lowest BCUT2D eigenvalue weighted by atomic mass is 9.94. The summed E-state index contributed by atoms with van der Waals surface area (Å²) in [5.74, 6) is -1.19. The van der Waals surface area contributed by atoms with Crippen LogP contribution in [0, 0.1) is 0 Å². The predicted octanol–water partition coefficient (Wildman–Crippen LogP) is 0.454. The lowest BCUT2D eigenvalue weighted by molar-refractivity contribution is -0.138. The molecule has 7 heteroatoms. The molecule has 1 aromatic rings. The van der Waals surface area contributed by atoms with E-state index in [0.717, 1.165) is 0 Å². The smallest absolute Gasteiger partial charge is 0.305 e. The van der Waals surface area contributed by atoms with E-state index < -0.39 is 17.4 Å². The van der Waals surface area contributed by atoms with Crippen LogP contribution in [0.1, 0.15) is 23.2 Å². The van der Waals surface area contributed by atoms with Crippen LogP contribution < -0.4 is 10.1 Å². The van der Waals surface area contributed by atoms with Crippen molar-refractivity contribution in [1.82, 2.24) is 10.3 Å². The van der Waals surface area contributed by atoms with Crippen LogP contribution in [0.15, 0.2) is 18.3 Å². The van der Waals surface area contributed by atoms with Gasteiger partial charge in [0.1, 0.15) is 5.56 Å². The van der Waals surface area contributed by atoms with Gasteiger partial charge in [-0.1, -0.05) is 0 Å². The average Bonchev–Trinajstić information content (AvgIpc) is 2.85. The Hall–Kier alpha value is -2.15. The molecule has 0 aliphatic carbocycles. The third kappa shape index (κ3) is 3.05. The number of ether oxygens (including phenoxy) is 2. The van der Waals surface area contributed by atoms with Gasteiger partial charge in [0.15, 0.2) is 0 Å². The molecule has 1 fully saturated rings. The van der Waals surface area contributed by atoms with E-state index >= 15 is 0 Å². The first kappa shape index (κ1) is 14.3. The second kappa shape index (κ2) is 5.87. The van der Waals surface area contributed by atoms with Crippen LogP contribution in [0.2, 0.25) is 0 Å². The molecule has 1 aromatic heterocycles. The molecule has 2 N–H and O–H groups in total. The SMILES string of the molecule is COc1ncccc1C(=O)NC1(CC(=O)O)CCOC1. The Morgan fingerprint density at radius 2 is 2.40 bits per heavy atom. The molecule has 2 rings (SSSR count). The molecule has 1 saturated heterocycles. The lowest BCUT2D eigenvalue weighted by Gasteiger charge is -2.27. The molecule has 7 nitrogen and oxygen atoms in total. The van der Waals surface area contributed by atoms with E-state index in [9.17, 15) is 9.59 Å². The number of carbonyl (C=O) groups is 2. The van der Waals surface area contributed by atoms with Gasteiger partial charge < -0.3 is 19.9 Å². The van der Waals surface area contributed by atoms with Gasteiger partial charge in [0, 0.05) is 12.8 Å². The number of aromatic nitrogens is 1. The number of hydrogen-bond acceptors (Lipinski definition) is 5. The lowest BCUT2D eigenvalue weighted by Crippen LogP contribution is -2.50. The molecule has 1 aliphatic rings. The normalized spacial score (nSPS) is 21.4. The zero-order valence-corrected chi connectivity index (χ0v) is 11.1. The number of carboxylic acids is 1. The first-order valence-electron chi connectivity index (χ1n) is 6.17. The third-order valence-electron chi connectivity index (χ3n) is 3.18. The van der Waals surface area contributed by atoms with Gasteiger partial charge in [-0.15, -0.1) is 0 Å². The molecule has 2 heterocycles. The summed E-state index contributed by atoms with van der Waals surface area (Å²) in [6.07, 6.45) is 1.80. The van der Waals surface area contributed by atoms with Crippen LogP contribution in [-0.4, -0.2) is 47.8 Å². The van der Waals surface area contributed by atoms with Gasteiger partial charge in [-0.05, 0) is 18.6 Å². The first-order chi connectivity index (χ1) is 9.56. The number of hydrogen-bond donors (Lipinski definition) is 2. The fraction of sp³-hybridized carbons (Fsp3) is 0.462. The number of nitrogens with one attached hydrogen (secondary N) is 1. The summed E-state index contributed by atoms with van der Waals surface area (Å²) in [5.41, 5.74) is -0.601. The molecule has 0 aromatic carbocycles. The molecule has 1 unspecified atom stereocenters. The monoisotopic (exact) mass is 280 g/mol. The van der Waals surface area contributed by atoms with E-state index in [1.165, 1.54) is 13.3 Å². The maximum atomic E-state index is 12.3. The fourth-order valence-electron chi connectivity index (χ4n) is 2.21. The highest BCUT2D eigenvalue weighted by Crippen LogP contribution is 2.24. The van der Waals surface area contributed by atoms with Gasteiger partial charge in [0.2, 0.25) is 5.88 Å². The van der Waals surface area contributed by atoms with Crippen molar-refractivity contribution in [3.05, 3.63) is 23.9 Å². The quantitative estimate of drug-likeness (QED) is 0.813. The molecule has 0 saturated carbocycles. The molecule has 1 aliphatic heterocycles. The van der Waals surface area contributed by atoms with Crippen molar-refractivity contribution >= 4 is 11.9 Å². The minimum Gasteiger partial charge on any atom is -0.481 e. The minimum absolute atomic E-state index is 0.179. The molecule has 20 heavy (non-hydrogen) atoms. The molecule has 108 valence electrons. The number of pyridine rings is 1. The zero-order valence-electron chi connectivity index (χ0n) is 11.1. The Labute approximate surface area is 115 Å². The molecule has 0 bridgehead atoms. The molecular formula is C13H16N2O5. The molecule has 0 spiro atoms. The second-order valence-electron chi connectivity index (χ2n) is 4.67. The summed E-state index contributed by atoms with van der Waals surface area (Å²) < 4.78 is 10.3. The topological polar surface area (TPSA) is 97.8 Å². The van der Waals surface area contributed by atoms with Gasteiger partial charge in [-0.25, -0.2) is 4.98 Å². The van der Waals surface area contributed by atoms with Crippen molar-refractivity contribution in [2.24, 2.45) is 0 Å². The van der Waals surface area contributed by atoms with E-state index in [1.54, 1.807) is 12.1 Å². The van der Waals surface area contributed by atoms with Gasteiger partial charge >= 0.3 is 5.97 Å². The fourth-order valence-corrected chi connectivity index (χ4v) is 2.21. The Bertz CT molecular complexity index is 511. The van der Waals surface area contributed by atoms with Crippen LogP contribution in [0.5, 0.6) is 5.88 Å². The Morgan fingerprint density at radius 1 is 1.60 bits per heavy atom. The summed E-state index contributed by atoms with van der Waals surface area (Å²) in [7, 11) is 1.42. The van der Waals surface area contributed by atoms with Crippen molar-refractivity contribution in [3.8, 4) is 5.88 Å². The van der Waals surface area contributed by atoms with Crippen LogP contribution in [0.3, 0.4) is 0 Å². The van der Waals surface area contributed by atoms with E-state index in [2.05, 4.69) is 10.3 Å². The molecule has 0 radical (unpaired) electrons. The van der Waals surface area contributed by atoms with E-state index in [1.807, 2.05) is 0 Å². The molecule has 1 amide bonds. The third-order valence-corrected chi connectivity index (χ3v) is 3.18. The highest BCUT2D eigenvalue weighted by atomic mass is 16.5. The number of carbonyl (C=O) groups excluding carboxylic acids is 1. The maximum absolute atomic E-state index is 12.3. The van der Waals surface area contributed by atoms with Crippen LogP contribution in [-0.2, 0) is 9.53 Å². The molecular weight excluding hydrogens is 264 g/mol. The van der Waals surface area contributed by atoms with E-state index in [4.69, 9.17) is 14.6 Å². The van der Waals surface area contributed by atoms with Crippen molar-refractivity contribution in [2.75, 3.05) is 20.3 Å². The Kier molecular flexibility index (Phi) is 4.19. The van der Waals surface area contributed by atoms with Gasteiger partial charge in [-0.2, -0.15) is 0 Å². The Balaban J connectivity index is 2.18. The highest BCUT2D eigenvalue weighted by molar-refractivity contribution is 5.97. The zero-order chi connectivity index (χ0) is 14.6. The van der Waals surface area contributed by atoms with Crippen molar-refractivity contribution < 1.29 is 24.2 Å². The van der Waals surface area contributed by atoms with Crippen LogP contribution in [0.4, 0.5) is 0 Å². The summed E-state index contributed by atoms with van der Waals surface area (Å²) in [6, 6.07) is 3.19. The number of rotatable bonds is 5. The van der Waals surface area contributed by atoms with Crippen LogP contribution in [0.25, 0.3) is 0 Å². The van der Waals surface area contributed by atoms with E-state index in [0.29, 0.717) is 13.0 Å². The summed E-state index contributed by atoms with van der Waals surface area (Å²) in [4.78, 5) is 27.2. The average molecular weight is 280 g/mol. The van der Waals surface area contributed by atoms with Gasteiger partial charge in [0.25, 0.3) is 5.91 Å². The standard InChI is InChI=1S/C13H16N2O5/c1-19-12-9(3-2-5-14-12)11(18)15-13(7-10(16)17)4-6-20-8-13/h2-3,5H,4,6-8H2,1H3,(H,15,18)(H,16,17). The number of aliphatic carboxylic acids is 1. The Morgan fingerprint density at radius 3 is 3.00 bits per heavy atom. The number of methoxy groups -OCH3 is 1.